The molecule has 0 N–H and O–H groups in total. The second kappa shape index (κ2) is 3.54. The first kappa shape index (κ1) is 8.81. The van der Waals surface area contributed by atoms with Crippen LogP contribution in [0.25, 0.3) is 0 Å². The molecule has 3 nitrogen and oxygen atoms in total. The Morgan fingerprint density at radius 1 is 1.38 bits per heavy atom. The Morgan fingerprint density at radius 3 is 2.62 bits per heavy atom. The Balaban J connectivity index is 1.94. The summed E-state index contributed by atoms with van der Waals surface area (Å²) in [6.07, 6.45) is 3.83. The molecule has 0 radical (unpaired) electrons. The Bertz CT molecular complexity index is 251. The van der Waals surface area contributed by atoms with Crippen LogP contribution in [0.3, 0.4) is 0 Å². The van der Waals surface area contributed by atoms with Gasteiger partial charge in [-0.1, -0.05) is 0 Å². The average Bonchev–Trinajstić information content (AvgIpc) is 2.70. The lowest BCUT2D eigenvalue weighted by Gasteiger charge is -2.17. The van der Waals surface area contributed by atoms with Crippen LogP contribution < -0.4 is 0 Å². The summed E-state index contributed by atoms with van der Waals surface area (Å²) in [5.74, 6) is 2.45. The summed E-state index contributed by atoms with van der Waals surface area (Å²) in [6, 6.07) is 0. The van der Waals surface area contributed by atoms with Crippen molar-refractivity contribution in [3.05, 3.63) is 12.2 Å². The second-order valence-electron chi connectivity index (χ2n) is 3.35. The van der Waals surface area contributed by atoms with Crippen molar-refractivity contribution in [2.24, 2.45) is 5.92 Å². The van der Waals surface area contributed by atoms with Crippen molar-refractivity contribution < 1.29 is 9.59 Å². The topological polar surface area (TPSA) is 37.4 Å². The van der Waals surface area contributed by atoms with Gasteiger partial charge in [0.1, 0.15) is 0 Å². The van der Waals surface area contributed by atoms with Crippen molar-refractivity contribution in [1.29, 1.82) is 0 Å². The van der Waals surface area contributed by atoms with Crippen LogP contribution in [0.15, 0.2) is 12.2 Å². The zero-order valence-corrected chi connectivity index (χ0v) is 8.05. The first-order valence-electron chi connectivity index (χ1n) is 4.38. The zero-order chi connectivity index (χ0) is 9.26. The molecule has 0 aromatic rings. The summed E-state index contributed by atoms with van der Waals surface area (Å²) in [5.41, 5.74) is 0. The average molecular weight is 197 g/mol. The molecule has 2 rings (SSSR count). The molecule has 13 heavy (non-hydrogen) atoms. The highest BCUT2D eigenvalue weighted by Gasteiger charge is 2.27. The maximum absolute atomic E-state index is 11.2. The van der Waals surface area contributed by atoms with E-state index in [1.165, 1.54) is 17.1 Å². The fraction of sp³-hybridized carbons (Fsp3) is 0.556. The first-order chi connectivity index (χ1) is 6.27. The lowest BCUT2D eigenvalue weighted by atomic mass is 10.1. The van der Waals surface area contributed by atoms with Crippen LogP contribution in [0.4, 0.5) is 0 Å². The van der Waals surface area contributed by atoms with Gasteiger partial charge in [0.15, 0.2) is 0 Å². The standard InChI is InChI=1S/C9H11NO2S/c11-8-1-2-9(12)10(8)5-7-3-4-13-6-7/h1-2,7H,3-6H2. The predicted molar refractivity (Wildman–Crippen MR) is 51.3 cm³/mol. The predicted octanol–water partition coefficient (Wildman–Crippen LogP) is 0.664. The lowest BCUT2D eigenvalue weighted by Crippen LogP contribution is -2.34. The van der Waals surface area contributed by atoms with Crippen LogP contribution in [0.5, 0.6) is 0 Å². The minimum atomic E-state index is -0.151. The summed E-state index contributed by atoms with van der Waals surface area (Å²) in [7, 11) is 0. The van der Waals surface area contributed by atoms with Gasteiger partial charge in [-0.3, -0.25) is 14.5 Å². The van der Waals surface area contributed by atoms with Gasteiger partial charge in [-0.25, -0.2) is 0 Å². The van der Waals surface area contributed by atoms with Crippen molar-refractivity contribution >= 4 is 23.6 Å². The molecular formula is C9H11NO2S. The van der Waals surface area contributed by atoms with E-state index in [1.807, 2.05) is 11.8 Å². The molecule has 0 saturated carbocycles. The summed E-state index contributed by atoms with van der Waals surface area (Å²) in [4.78, 5) is 23.7. The summed E-state index contributed by atoms with van der Waals surface area (Å²) in [5, 5.41) is 0. The number of rotatable bonds is 2. The van der Waals surface area contributed by atoms with Gasteiger partial charge in [-0.15, -0.1) is 0 Å². The molecule has 0 bridgehead atoms. The number of imide groups is 1. The van der Waals surface area contributed by atoms with E-state index < -0.39 is 0 Å². The molecule has 2 amide bonds. The molecule has 0 aromatic heterocycles. The van der Waals surface area contributed by atoms with Gasteiger partial charge >= 0.3 is 0 Å². The fourth-order valence-corrected chi connectivity index (χ4v) is 2.87. The fourth-order valence-electron chi connectivity index (χ4n) is 1.60. The van der Waals surface area contributed by atoms with E-state index in [9.17, 15) is 9.59 Å². The van der Waals surface area contributed by atoms with Crippen LogP contribution in [-0.4, -0.2) is 34.8 Å². The molecule has 0 spiro atoms. The molecule has 2 aliphatic rings. The molecule has 2 heterocycles. The molecule has 1 atom stereocenters. The third-order valence-corrected chi connectivity index (χ3v) is 3.60. The number of hydrogen-bond donors (Lipinski definition) is 0. The maximum atomic E-state index is 11.2. The quantitative estimate of drug-likeness (QED) is 0.610. The van der Waals surface area contributed by atoms with Crippen molar-refractivity contribution in [2.75, 3.05) is 18.1 Å². The number of carbonyl (C=O) groups excluding carboxylic acids is 2. The number of hydrogen-bond acceptors (Lipinski definition) is 3. The van der Waals surface area contributed by atoms with Gasteiger partial charge in [0.05, 0.1) is 0 Å². The molecule has 2 aliphatic heterocycles. The summed E-state index contributed by atoms with van der Waals surface area (Å²) in [6.45, 7) is 0.609. The van der Waals surface area contributed by atoms with Crippen molar-refractivity contribution in [2.45, 2.75) is 6.42 Å². The van der Waals surface area contributed by atoms with Crippen LogP contribution in [0.2, 0.25) is 0 Å². The molecule has 1 fully saturated rings. The minimum Gasteiger partial charge on any atom is -0.275 e. The molecular weight excluding hydrogens is 186 g/mol. The highest BCUT2D eigenvalue weighted by Crippen LogP contribution is 2.24. The molecule has 4 heteroatoms. The summed E-state index contributed by atoms with van der Waals surface area (Å²) >= 11 is 1.90. The van der Waals surface area contributed by atoms with Crippen molar-refractivity contribution in [3.63, 3.8) is 0 Å². The smallest absolute Gasteiger partial charge is 0.253 e. The van der Waals surface area contributed by atoms with Crippen LogP contribution in [0, 0.1) is 5.92 Å². The minimum absolute atomic E-state index is 0.151. The molecule has 1 saturated heterocycles. The summed E-state index contributed by atoms with van der Waals surface area (Å²) < 4.78 is 0. The molecule has 0 aliphatic carbocycles. The third-order valence-electron chi connectivity index (χ3n) is 2.37. The van der Waals surface area contributed by atoms with E-state index in [0.717, 1.165) is 17.9 Å². The number of carbonyl (C=O) groups is 2. The third kappa shape index (κ3) is 1.77. The highest BCUT2D eigenvalue weighted by molar-refractivity contribution is 7.99. The van der Waals surface area contributed by atoms with Crippen LogP contribution in [-0.2, 0) is 9.59 Å². The van der Waals surface area contributed by atoms with E-state index in [0.29, 0.717) is 12.5 Å². The number of amides is 2. The van der Waals surface area contributed by atoms with Crippen molar-refractivity contribution in [1.82, 2.24) is 4.90 Å². The first-order valence-corrected chi connectivity index (χ1v) is 5.54. The maximum Gasteiger partial charge on any atom is 0.253 e. The van der Waals surface area contributed by atoms with Gasteiger partial charge in [-0.2, -0.15) is 11.8 Å². The monoisotopic (exact) mass is 197 g/mol. The van der Waals surface area contributed by atoms with Crippen LogP contribution >= 0.6 is 11.8 Å². The Hall–Kier alpha value is -0.770. The van der Waals surface area contributed by atoms with Gasteiger partial charge in [0.2, 0.25) is 0 Å². The Kier molecular flexibility index (Phi) is 2.40. The molecule has 1 unspecified atom stereocenters. The van der Waals surface area contributed by atoms with Crippen molar-refractivity contribution in [3.8, 4) is 0 Å². The van der Waals surface area contributed by atoms with E-state index in [-0.39, 0.29) is 11.8 Å². The molecule has 0 aromatic carbocycles. The van der Waals surface area contributed by atoms with E-state index in [2.05, 4.69) is 0 Å². The largest absolute Gasteiger partial charge is 0.275 e. The normalized spacial score (nSPS) is 27.7. The van der Waals surface area contributed by atoms with E-state index >= 15 is 0 Å². The second-order valence-corrected chi connectivity index (χ2v) is 4.50. The zero-order valence-electron chi connectivity index (χ0n) is 7.23. The van der Waals surface area contributed by atoms with Gasteiger partial charge in [0, 0.05) is 18.7 Å². The highest BCUT2D eigenvalue weighted by atomic mass is 32.2. The van der Waals surface area contributed by atoms with E-state index in [4.69, 9.17) is 0 Å². The number of nitrogens with zero attached hydrogens (tertiary/aromatic N) is 1. The molecule has 70 valence electrons. The van der Waals surface area contributed by atoms with Crippen LogP contribution in [0.1, 0.15) is 6.42 Å². The van der Waals surface area contributed by atoms with Gasteiger partial charge in [0.25, 0.3) is 11.8 Å². The lowest BCUT2D eigenvalue weighted by molar-refractivity contribution is -0.137. The Labute approximate surface area is 81.2 Å². The Morgan fingerprint density at radius 2 is 2.08 bits per heavy atom. The number of thioether (sulfide) groups is 1. The SMILES string of the molecule is O=C1C=CC(=O)N1CC1CCSC1. The van der Waals surface area contributed by atoms with E-state index in [1.54, 1.807) is 0 Å². The van der Waals surface area contributed by atoms with Gasteiger partial charge < -0.3 is 0 Å². The van der Waals surface area contributed by atoms with Gasteiger partial charge in [-0.05, 0) is 23.8 Å².